The second kappa shape index (κ2) is 7.83. The molecular weight excluding hydrogens is 308 g/mol. The summed E-state index contributed by atoms with van der Waals surface area (Å²) >= 11 is 0. The van der Waals surface area contributed by atoms with E-state index in [9.17, 15) is 4.79 Å². The predicted octanol–water partition coefficient (Wildman–Crippen LogP) is 2.96. The number of nitrogens with zero attached hydrogens (tertiary/aromatic N) is 2. The number of methoxy groups -OCH3 is 1. The maximum atomic E-state index is 12.0. The van der Waals surface area contributed by atoms with Crippen molar-refractivity contribution in [2.24, 2.45) is 5.92 Å². The van der Waals surface area contributed by atoms with Crippen molar-refractivity contribution in [2.45, 2.75) is 19.4 Å². The van der Waals surface area contributed by atoms with Crippen LogP contribution >= 0.6 is 0 Å². The summed E-state index contributed by atoms with van der Waals surface area (Å²) in [5.41, 5.74) is 1.37. The zero-order valence-electron chi connectivity index (χ0n) is 13.7. The highest BCUT2D eigenvalue weighted by Gasteiger charge is 2.15. The number of rotatable bonds is 5. The lowest BCUT2D eigenvalue weighted by molar-refractivity contribution is 0.0601. The van der Waals surface area contributed by atoms with E-state index < -0.39 is 0 Å². The molecule has 24 heavy (non-hydrogen) atoms. The highest BCUT2D eigenvalue weighted by atomic mass is 16.5. The van der Waals surface area contributed by atoms with Crippen molar-refractivity contribution in [1.29, 1.82) is 0 Å². The average Bonchev–Trinajstić information content (AvgIpc) is 3.03. The lowest BCUT2D eigenvalue weighted by atomic mass is 10.0. The Kier molecular flexibility index (Phi) is 5.32. The fourth-order valence-electron chi connectivity index (χ4n) is 2.69. The minimum Gasteiger partial charge on any atom is -0.497 e. The summed E-state index contributed by atoms with van der Waals surface area (Å²) in [7, 11) is 1.60. The van der Waals surface area contributed by atoms with Gasteiger partial charge in [0.05, 0.1) is 19.0 Å². The topological polar surface area (TPSA) is 77.4 Å². The fraction of sp³-hybridized carbons (Fsp3) is 0.412. The van der Waals surface area contributed by atoms with Crippen LogP contribution in [0.2, 0.25) is 0 Å². The maximum Gasteiger partial charge on any atom is 0.323 e. The zero-order valence-corrected chi connectivity index (χ0v) is 13.7. The minimum atomic E-state index is -0.300. The number of ether oxygens (including phenoxy) is 2. The Balaban J connectivity index is 1.50. The van der Waals surface area contributed by atoms with Gasteiger partial charge >= 0.3 is 6.03 Å². The largest absolute Gasteiger partial charge is 0.497 e. The number of anilines is 2. The van der Waals surface area contributed by atoms with Crippen LogP contribution in [-0.4, -0.2) is 36.1 Å². The Labute approximate surface area is 140 Å². The first-order chi connectivity index (χ1) is 11.7. The fourth-order valence-corrected chi connectivity index (χ4v) is 2.69. The highest BCUT2D eigenvalue weighted by Crippen LogP contribution is 2.18. The SMILES string of the molecule is COc1ccc(NC(=O)Nc2cnn(CC3CCOCC3)c2)cc1. The molecule has 0 bridgehead atoms. The Morgan fingerprint density at radius 3 is 2.67 bits per heavy atom. The molecule has 7 heteroatoms. The van der Waals surface area contributed by atoms with Gasteiger partial charge in [-0.3, -0.25) is 4.68 Å². The monoisotopic (exact) mass is 330 g/mol. The second-order valence-corrected chi connectivity index (χ2v) is 5.81. The van der Waals surface area contributed by atoms with Crippen LogP contribution in [0, 0.1) is 5.92 Å². The minimum absolute atomic E-state index is 0.300. The van der Waals surface area contributed by atoms with Gasteiger partial charge in [0.25, 0.3) is 0 Å². The normalized spacial score (nSPS) is 15.0. The molecule has 2 aromatic rings. The third kappa shape index (κ3) is 4.48. The number of nitrogens with one attached hydrogen (secondary N) is 2. The molecule has 1 fully saturated rings. The number of urea groups is 1. The van der Waals surface area contributed by atoms with Crippen molar-refractivity contribution >= 4 is 17.4 Å². The van der Waals surface area contributed by atoms with E-state index >= 15 is 0 Å². The van der Waals surface area contributed by atoms with Crippen LogP contribution in [0.1, 0.15) is 12.8 Å². The molecule has 0 radical (unpaired) electrons. The molecule has 3 rings (SSSR count). The number of hydrogen-bond donors (Lipinski definition) is 2. The Bertz CT molecular complexity index is 663. The Morgan fingerprint density at radius 1 is 1.25 bits per heavy atom. The lowest BCUT2D eigenvalue weighted by Gasteiger charge is -2.21. The zero-order chi connectivity index (χ0) is 16.8. The van der Waals surface area contributed by atoms with E-state index in [0.717, 1.165) is 38.3 Å². The highest BCUT2D eigenvalue weighted by molar-refractivity contribution is 5.99. The van der Waals surface area contributed by atoms with E-state index in [0.29, 0.717) is 17.3 Å². The molecule has 1 aliphatic heterocycles. The van der Waals surface area contributed by atoms with Gasteiger partial charge in [0, 0.05) is 31.6 Å². The summed E-state index contributed by atoms with van der Waals surface area (Å²) in [6, 6.07) is 6.86. The van der Waals surface area contributed by atoms with Crippen LogP contribution in [-0.2, 0) is 11.3 Å². The summed E-state index contributed by atoms with van der Waals surface area (Å²) in [6.45, 7) is 2.49. The van der Waals surface area contributed by atoms with Crippen molar-refractivity contribution in [1.82, 2.24) is 9.78 Å². The second-order valence-electron chi connectivity index (χ2n) is 5.81. The van der Waals surface area contributed by atoms with Crippen LogP contribution in [0.15, 0.2) is 36.7 Å². The third-order valence-electron chi connectivity index (χ3n) is 4.03. The number of carbonyl (C=O) groups excluding carboxylic acids is 1. The standard InChI is InChI=1S/C17H22N4O3/c1-23-16-4-2-14(3-5-16)19-17(22)20-15-10-18-21(12-15)11-13-6-8-24-9-7-13/h2-5,10,12-13H,6-9,11H2,1H3,(H2,19,20,22). The van der Waals surface area contributed by atoms with Crippen LogP contribution in [0.3, 0.4) is 0 Å². The van der Waals surface area contributed by atoms with Crippen molar-refractivity contribution in [2.75, 3.05) is 31.0 Å². The van der Waals surface area contributed by atoms with Gasteiger partial charge in [0.2, 0.25) is 0 Å². The summed E-state index contributed by atoms with van der Waals surface area (Å²) < 4.78 is 12.3. The molecule has 0 spiro atoms. The van der Waals surface area contributed by atoms with Crippen LogP contribution in [0.25, 0.3) is 0 Å². The lowest BCUT2D eigenvalue weighted by Crippen LogP contribution is -2.21. The predicted molar refractivity (Wildman–Crippen MR) is 91.4 cm³/mol. The van der Waals surface area contributed by atoms with Gasteiger partial charge in [0.15, 0.2) is 0 Å². The number of carbonyl (C=O) groups is 1. The quantitative estimate of drug-likeness (QED) is 0.883. The van der Waals surface area contributed by atoms with Crippen molar-refractivity contribution in [3.63, 3.8) is 0 Å². The molecule has 0 unspecified atom stereocenters. The van der Waals surface area contributed by atoms with Crippen LogP contribution in [0.4, 0.5) is 16.2 Å². The van der Waals surface area contributed by atoms with Gasteiger partial charge in [-0.15, -0.1) is 0 Å². The number of amides is 2. The molecular formula is C17H22N4O3. The van der Waals surface area contributed by atoms with Crippen molar-refractivity contribution < 1.29 is 14.3 Å². The molecule has 2 heterocycles. The Morgan fingerprint density at radius 2 is 1.96 bits per heavy atom. The molecule has 2 N–H and O–H groups in total. The van der Waals surface area contributed by atoms with E-state index in [1.165, 1.54) is 0 Å². The van der Waals surface area contributed by atoms with Gasteiger partial charge in [-0.1, -0.05) is 0 Å². The van der Waals surface area contributed by atoms with E-state index in [4.69, 9.17) is 9.47 Å². The first kappa shape index (κ1) is 16.3. The Hall–Kier alpha value is -2.54. The van der Waals surface area contributed by atoms with Gasteiger partial charge in [-0.05, 0) is 43.0 Å². The van der Waals surface area contributed by atoms with Gasteiger partial charge < -0.3 is 20.1 Å². The summed E-state index contributed by atoms with van der Waals surface area (Å²) in [6.07, 6.45) is 5.62. The molecule has 128 valence electrons. The molecule has 0 atom stereocenters. The third-order valence-corrected chi connectivity index (χ3v) is 4.03. The molecule has 1 saturated heterocycles. The molecule has 1 aliphatic rings. The molecule has 0 saturated carbocycles. The smallest absolute Gasteiger partial charge is 0.323 e. The van der Waals surface area contributed by atoms with Gasteiger partial charge in [-0.25, -0.2) is 4.79 Å². The number of benzene rings is 1. The van der Waals surface area contributed by atoms with E-state index in [2.05, 4.69) is 15.7 Å². The molecule has 2 amide bonds. The molecule has 7 nitrogen and oxygen atoms in total. The van der Waals surface area contributed by atoms with Crippen LogP contribution in [0.5, 0.6) is 5.75 Å². The van der Waals surface area contributed by atoms with Crippen molar-refractivity contribution in [3.05, 3.63) is 36.7 Å². The molecule has 0 aliphatic carbocycles. The first-order valence-corrected chi connectivity index (χ1v) is 8.05. The molecule has 1 aromatic carbocycles. The van der Waals surface area contributed by atoms with Gasteiger partial charge in [0.1, 0.15) is 5.75 Å². The van der Waals surface area contributed by atoms with Crippen LogP contribution < -0.4 is 15.4 Å². The first-order valence-electron chi connectivity index (χ1n) is 8.05. The van der Waals surface area contributed by atoms with E-state index in [1.54, 1.807) is 37.6 Å². The number of aromatic nitrogens is 2. The maximum absolute atomic E-state index is 12.0. The summed E-state index contributed by atoms with van der Waals surface area (Å²) in [5, 5.41) is 9.87. The number of hydrogen-bond acceptors (Lipinski definition) is 4. The van der Waals surface area contributed by atoms with E-state index in [1.807, 2.05) is 10.9 Å². The van der Waals surface area contributed by atoms with E-state index in [-0.39, 0.29) is 6.03 Å². The summed E-state index contributed by atoms with van der Waals surface area (Å²) in [5.74, 6) is 1.33. The molecule has 1 aromatic heterocycles. The average molecular weight is 330 g/mol. The van der Waals surface area contributed by atoms with Crippen molar-refractivity contribution in [3.8, 4) is 5.75 Å². The van der Waals surface area contributed by atoms with Gasteiger partial charge in [-0.2, -0.15) is 5.10 Å². The summed E-state index contributed by atoms with van der Waals surface area (Å²) in [4.78, 5) is 12.0.